The van der Waals surface area contributed by atoms with Gasteiger partial charge in [0.1, 0.15) is 11.4 Å². The van der Waals surface area contributed by atoms with E-state index in [2.05, 4.69) is 20.7 Å². The molecule has 2 N–H and O–H groups in total. The van der Waals surface area contributed by atoms with Crippen LogP contribution in [0.4, 0.5) is 19.0 Å². The third-order valence-electron chi connectivity index (χ3n) is 4.55. The van der Waals surface area contributed by atoms with Crippen molar-refractivity contribution in [3.05, 3.63) is 64.2 Å². The van der Waals surface area contributed by atoms with Gasteiger partial charge in [0.2, 0.25) is 0 Å². The highest BCUT2D eigenvalue weighted by atomic mass is 32.1. The van der Waals surface area contributed by atoms with Gasteiger partial charge in [0.05, 0.1) is 12.2 Å². The van der Waals surface area contributed by atoms with Crippen LogP contribution in [0.5, 0.6) is 0 Å². The predicted octanol–water partition coefficient (Wildman–Crippen LogP) is 3.93. The zero-order chi connectivity index (χ0) is 19.7. The number of fused-ring (bicyclic) bond motifs is 1. The fourth-order valence-electron chi connectivity index (χ4n) is 3.19. The molecule has 28 heavy (non-hydrogen) atoms. The van der Waals surface area contributed by atoms with Crippen LogP contribution >= 0.6 is 11.3 Å². The molecule has 1 aliphatic rings. The fraction of sp³-hybridized carbons (Fsp3) is 0.278. The number of thiophene rings is 1. The average molecular weight is 407 g/mol. The number of nitrogens with one attached hydrogen (secondary N) is 2. The molecule has 10 heteroatoms. The van der Waals surface area contributed by atoms with Gasteiger partial charge in [0, 0.05) is 30.2 Å². The molecule has 0 saturated heterocycles. The highest BCUT2D eigenvalue weighted by molar-refractivity contribution is 7.10. The Hall–Kier alpha value is -2.88. The van der Waals surface area contributed by atoms with Crippen LogP contribution in [0, 0.1) is 0 Å². The van der Waals surface area contributed by atoms with Crippen molar-refractivity contribution in [3.8, 4) is 0 Å². The maximum atomic E-state index is 13.6. The lowest BCUT2D eigenvalue weighted by Gasteiger charge is -2.33. The van der Waals surface area contributed by atoms with Crippen LogP contribution in [0.15, 0.2) is 48.2 Å². The van der Waals surface area contributed by atoms with Gasteiger partial charge < -0.3 is 10.6 Å². The monoisotopic (exact) mass is 407 g/mol. The van der Waals surface area contributed by atoms with Crippen LogP contribution in [-0.2, 0) is 6.54 Å². The average Bonchev–Trinajstić information content (AvgIpc) is 3.35. The molecule has 6 nitrogen and oxygen atoms in total. The van der Waals surface area contributed by atoms with Gasteiger partial charge in [-0.3, -0.25) is 9.78 Å². The zero-order valence-electron chi connectivity index (χ0n) is 14.5. The first-order valence-electron chi connectivity index (χ1n) is 8.54. The molecule has 3 aromatic rings. The molecular formula is C18H16F3N5OS. The van der Waals surface area contributed by atoms with E-state index in [9.17, 15) is 18.0 Å². The second-order valence-electron chi connectivity index (χ2n) is 6.40. The fourth-order valence-corrected chi connectivity index (χ4v) is 3.98. The van der Waals surface area contributed by atoms with Crippen LogP contribution in [-0.4, -0.2) is 26.8 Å². The summed E-state index contributed by atoms with van der Waals surface area (Å²) in [6, 6.07) is 4.77. The Balaban J connectivity index is 1.61. The molecule has 0 aliphatic carbocycles. The minimum Gasteiger partial charge on any atom is -0.362 e. The Bertz CT molecular complexity index is 956. The lowest BCUT2D eigenvalue weighted by molar-refractivity contribution is -0.173. The highest BCUT2D eigenvalue weighted by Crippen LogP contribution is 2.44. The number of anilines is 1. The molecule has 1 amide bonds. The Kier molecular flexibility index (Phi) is 4.80. The van der Waals surface area contributed by atoms with Gasteiger partial charge in [0.25, 0.3) is 5.91 Å². The Morgan fingerprint density at radius 3 is 2.86 bits per heavy atom. The molecule has 146 valence electrons. The molecule has 0 fully saturated rings. The van der Waals surface area contributed by atoms with Gasteiger partial charge in [-0.15, -0.1) is 11.3 Å². The SMILES string of the molecule is O=C(NCc1cccnc1)c1cnn2c1N[C@H](c1cccs1)C[C@H]2C(F)(F)F. The molecule has 0 aromatic carbocycles. The van der Waals surface area contributed by atoms with E-state index >= 15 is 0 Å². The summed E-state index contributed by atoms with van der Waals surface area (Å²) >= 11 is 1.37. The molecule has 0 spiro atoms. The van der Waals surface area contributed by atoms with Crippen LogP contribution in [0.2, 0.25) is 0 Å². The largest absolute Gasteiger partial charge is 0.410 e. The summed E-state index contributed by atoms with van der Waals surface area (Å²) in [7, 11) is 0. The smallest absolute Gasteiger partial charge is 0.362 e. The number of alkyl halides is 3. The van der Waals surface area contributed by atoms with Crippen molar-refractivity contribution in [1.29, 1.82) is 0 Å². The number of carbonyl (C=O) groups excluding carboxylic acids is 1. The van der Waals surface area contributed by atoms with Gasteiger partial charge in [-0.2, -0.15) is 18.3 Å². The number of pyridine rings is 1. The molecule has 0 saturated carbocycles. The van der Waals surface area contributed by atoms with Crippen molar-refractivity contribution in [1.82, 2.24) is 20.1 Å². The minimum atomic E-state index is -4.47. The summed E-state index contributed by atoms with van der Waals surface area (Å²) in [4.78, 5) is 17.3. The number of halogens is 3. The van der Waals surface area contributed by atoms with E-state index in [0.717, 1.165) is 15.1 Å². The van der Waals surface area contributed by atoms with Crippen molar-refractivity contribution < 1.29 is 18.0 Å². The van der Waals surface area contributed by atoms with Crippen molar-refractivity contribution in [3.63, 3.8) is 0 Å². The van der Waals surface area contributed by atoms with E-state index in [0.29, 0.717) is 0 Å². The van der Waals surface area contributed by atoms with Crippen molar-refractivity contribution >= 4 is 23.1 Å². The number of nitrogens with zero attached hydrogens (tertiary/aromatic N) is 3. The number of rotatable bonds is 4. The zero-order valence-corrected chi connectivity index (χ0v) is 15.3. The second-order valence-corrected chi connectivity index (χ2v) is 7.38. The van der Waals surface area contributed by atoms with E-state index in [-0.39, 0.29) is 24.3 Å². The van der Waals surface area contributed by atoms with Crippen LogP contribution in [0.25, 0.3) is 0 Å². The molecule has 4 heterocycles. The van der Waals surface area contributed by atoms with E-state index in [1.54, 1.807) is 36.7 Å². The summed E-state index contributed by atoms with van der Waals surface area (Å²) in [5.41, 5.74) is 0.869. The van der Waals surface area contributed by atoms with Gasteiger partial charge in [0.15, 0.2) is 6.04 Å². The maximum Gasteiger partial charge on any atom is 0.410 e. The number of hydrogen-bond donors (Lipinski definition) is 2. The van der Waals surface area contributed by atoms with E-state index in [4.69, 9.17) is 0 Å². The summed E-state index contributed by atoms with van der Waals surface area (Å²) in [6.07, 6.45) is -0.252. The third kappa shape index (κ3) is 3.59. The maximum absolute atomic E-state index is 13.6. The Morgan fingerprint density at radius 1 is 1.32 bits per heavy atom. The van der Waals surface area contributed by atoms with Crippen molar-refractivity contribution in [2.75, 3.05) is 5.32 Å². The van der Waals surface area contributed by atoms with Crippen molar-refractivity contribution in [2.24, 2.45) is 0 Å². The van der Waals surface area contributed by atoms with Gasteiger partial charge >= 0.3 is 6.18 Å². The molecule has 0 radical (unpaired) electrons. The first-order chi connectivity index (χ1) is 13.4. The molecule has 3 aromatic heterocycles. The molecule has 0 bridgehead atoms. The molecular weight excluding hydrogens is 391 g/mol. The van der Waals surface area contributed by atoms with Gasteiger partial charge in [-0.25, -0.2) is 4.68 Å². The molecule has 4 rings (SSSR count). The molecule has 0 unspecified atom stereocenters. The Labute approximate surface area is 162 Å². The Morgan fingerprint density at radius 2 is 2.18 bits per heavy atom. The minimum absolute atomic E-state index is 0.0793. The van der Waals surface area contributed by atoms with Gasteiger partial charge in [-0.05, 0) is 23.1 Å². The predicted molar refractivity (Wildman–Crippen MR) is 98.0 cm³/mol. The summed E-state index contributed by atoms with van der Waals surface area (Å²) < 4.78 is 41.7. The first kappa shape index (κ1) is 18.5. The summed E-state index contributed by atoms with van der Waals surface area (Å²) in [5, 5.41) is 11.4. The number of hydrogen-bond acceptors (Lipinski definition) is 5. The van der Waals surface area contributed by atoms with E-state index in [1.807, 2.05) is 5.38 Å². The second kappa shape index (κ2) is 7.27. The molecule has 2 atom stereocenters. The lowest BCUT2D eigenvalue weighted by Crippen LogP contribution is -2.36. The lowest BCUT2D eigenvalue weighted by atomic mass is 10.0. The topological polar surface area (TPSA) is 71.8 Å². The van der Waals surface area contributed by atoms with E-state index in [1.165, 1.54) is 17.5 Å². The van der Waals surface area contributed by atoms with Crippen molar-refractivity contribution in [2.45, 2.75) is 31.2 Å². The van der Waals surface area contributed by atoms with Crippen LogP contribution < -0.4 is 10.6 Å². The number of carbonyl (C=O) groups is 1. The van der Waals surface area contributed by atoms with Crippen LogP contribution in [0.1, 0.15) is 39.3 Å². The number of amides is 1. The number of aromatic nitrogens is 3. The standard InChI is InChI=1S/C18H16F3N5OS/c19-18(20,21)15-7-13(14-4-2-6-28-14)25-16-12(10-24-26(15)16)17(27)23-9-11-3-1-5-22-8-11/h1-6,8,10,13,15,25H,7,9H2,(H,23,27)/t13-,15-/m0/s1. The highest BCUT2D eigenvalue weighted by Gasteiger charge is 2.47. The normalized spacial score (nSPS) is 19.0. The quantitative estimate of drug-likeness (QED) is 0.688. The van der Waals surface area contributed by atoms with Crippen LogP contribution in [0.3, 0.4) is 0 Å². The molecule has 1 aliphatic heterocycles. The first-order valence-corrected chi connectivity index (χ1v) is 9.42. The summed E-state index contributed by atoms with van der Waals surface area (Å²) in [6.45, 7) is 0.217. The summed E-state index contributed by atoms with van der Waals surface area (Å²) in [5.74, 6) is -0.416. The van der Waals surface area contributed by atoms with Gasteiger partial charge in [-0.1, -0.05) is 12.1 Å². The third-order valence-corrected chi connectivity index (χ3v) is 5.53. The van der Waals surface area contributed by atoms with E-state index < -0.39 is 24.2 Å².